The van der Waals surface area contributed by atoms with Gasteiger partial charge in [0.15, 0.2) is 0 Å². The number of rotatable bonds is 4. The number of aromatic nitrogens is 1. The third kappa shape index (κ3) is 2.95. The van der Waals surface area contributed by atoms with E-state index in [0.717, 1.165) is 16.2 Å². The van der Waals surface area contributed by atoms with Crippen LogP contribution < -0.4 is 0 Å². The van der Waals surface area contributed by atoms with Gasteiger partial charge in [-0.1, -0.05) is 42.1 Å². The maximum atomic E-state index is 12.5. The Morgan fingerprint density at radius 1 is 1.04 bits per heavy atom. The predicted octanol–water partition coefficient (Wildman–Crippen LogP) is 4.77. The molecule has 1 aromatic heterocycles. The van der Waals surface area contributed by atoms with Crippen molar-refractivity contribution in [2.24, 2.45) is 0 Å². The molecular weight excluding hydrogens is 348 g/mol. The van der Waals surface area contributed by atoms with Gasteiger partial charge in [-0.2, -0.15) is 0 Å². The van der Waals surface area contributed by atoms with Crippen LogP contribution in [0.2, 0.25) is 0 Å². The van der Waals surface area contributed by atoms with Crippen molar-refractivity contribution in [2.75, 3.05) is 0 Å². The van der Waals surface area contributed by atoms with E-state index in [2.05, 4.69) is 0 Å². The number of carbonyl (C=O) groups excluding carboxylic acids is 1. The highest BCUT2D eigenvalue weighted by Gasteiger charge is 2.25. The zero-order valence-electron chi connectivity index (χ0n) is 13.7. The average molecular weight is 362 g/mol. The molecule has 0 N–H and O–H groups in total. The van der Waals surface area contributed by atoms with Crippen molar-refractivity contribution in [1.29, 1.82) is 0 Å². The number of para-hydroxylation sites is 1. The standard InChI is InChI=1S/C20H14N2O3S/c23-20-16-8-2-4-10-18(16)26-19(20)12-15-7-5-11-21(15)13-14-6-1-3-9-17(14)22(24)25/h1-12H,13H2/b19-12-. The summed E-state index contributed by atoms with van der Waals surface area (Å²) in [5.74, 6) is 0.0176. The Labute approximate surface area is 154 Å². The van der Waals surface area contributed by atoms with Gasteiger partial charge < -0.3 is 4.57 Å². The topological polar surface area (TPSA) is 65.1 Å². The molecule has 1 aliphatic rings. The minimum atomic E-state index is -0.371. The molecular formula is C20H14N2O3S. The quantitative estimate of drug-likeness (QED) is 0.381. The molecule has 3 aromatic rings. The summed E-state index contributed by atoms with van der Waals surface area (Å²) in [5, 5.41) is 11.2. The number of fused-ring (bicyclic) bond motifs is 1. The van der Waals surface area contributed by atoms with Gasteiger partial charge in [0.05, 0.1) is 16.4 Å². The summed E-state index contributed by atoms with van der Waals surface area (Å²) >= 11 is 1.46. The lowest BCUT2D eigenvalue weighted by molar-refractivity contribution is -0.385. The third-order valence-corrected chi connectivity index (χ3v) is 5.35. The summed E-state index contributed by atoms with van der Waals surface area (Å²) in [6.07, 6.45) is 3.71. The van der Waals surface area contributed by atoms with Crippen LogP contribution in [0.1, 0.15) is 21.6 Å². The van der Waals surface area contributed by atoms with E-state index in [9.17, 15) is 14.9 Å². The number of hydrogen-bond donors (Lipinski definition) is 0. The summed E-state index contributed by atoms with van der Waals surface area (Å²) in [7, 11) is 0. The van der Waals surface area contributed by atoms with E-state index in [1.165, 1.54) is 17.8 Å². The number of carbonyl (C=O) groups is 1. The number of benzene rings is 2. The van der Waals surface area contributed by atoms with Gasteiger partial charge in [0.25, 0.3) is 5.69 Å². The van der Waals surface area contributed by atoms with Crippen molar-refractivity contribution in [1.82, 2.24) is 4.57 Å². The van der Waals surface area contributed by atoms with Crippen LogP contribution in [0.3, 0.4) is 0 Å². The van der Waals surface area contributed by atoms with Gasteiger partial charge in [0.2, 0.25) is 5.78 Å². The third-order valence-electron chi connectivity index (χ3n) is 4.25. The van der Waals surface area contributed by atoms with E-state index in [-0.39, 0.29) is 16.4 Å². The predicted molar refractivity (Wildman–Crippen MR) is 101 cm³/mol. The molecule has 0 aliphatic carbocycles. The monoisotopic (exact) mass is 362 g/mol. The molecule has 0 saturated heterocycles. The Balaban J connectivity index is 1.65. The number of Topliss-reactive ketones (excluding diaryl/α,β-unsaturated/α-hetero) is 1. The summed E-state index contributed by atoms with van der Waals surface area (Å²) in [6.45, 7) is 0.370. The first-order valence-corrected chi connectivity index (χ1v) is 8.86. The molecule has 4 rings (SSSR count). The Morgan fingerprint density at radius 3 is 2.62 bits per heavy atom. The van der Waals surface area contributed by atoms with Crippen molar-refractivity contribution in [3.63, 3.8) is 0 Å². The van der Waals surface area contributed by atoms with E-state index in [1.54, 1.807) is 18.2 Å². The highest BCUT2D eigenvalue weighted by Crippen LogP contribution is 2.40. The first-order valence-electron chi connectivity index (χ1n) is 8.04. The Kier molecular flexibility index (Phi) is 4.18. The smallest absolute Gasteiger partial charge is 0.274 e. The first kappa shape index (κ1) is 16.4. The van der Waals surface area contributed by atoms with E-state index in [4.69, 9.17) is 0 Å². The molecule has 0 radical (unpaired) electrons. The van der Waals surface area contributed by atoms with E-state index < -0.39 is 0 Å². The van der Waals surface area contributed by atoms with E-state index in [0.29, 0.717) is 17.0 Å². The van der Waals surface area contributed by atoms with Crippen molar-refractivity contribution in [3.05, 3.63) is 98.7 Å². The maximum Gasteiger partial charge on any atom is 0.274 e. The molecule has 5 nitrogen and oxygen atoms in total. The molecule has 2 heterocycles. The fraction of sp³-hybridized carbons (Fsp3) is 0.0500. The van der Waals surface area contributed by atoms with Crippen molar-refractivity contribution in [2.45, 2.75) is 11.4 Å². The molecule has 128 valence electrons. The van der Waals surface area contributed by atoms with Crippen LogP contribution in [0.5, 0.6) is 0 Å². The first-order chi connectivity index (χ1) is 12.6. The number of nitrogens with zero attached hydrogens (tertiary/aromatic N) is 2. The van der Waals surface area contributed by atoms with Gasteiger partial charge in [0.1, 0.15) is 0 Å². The van der Waals surface area contributed by atoms with Gasteiger partial charge in [0, 0.05) is 34.0 Å². The van der Waals surface area contributed by atoms with Crippen LogP contribution in [-0.4, -0.2) is 15.3 Å². The molecule has 1 aliphatic heterocycles. The van der Waals surface area contributed by atoms with Gasteiger partial charge >= 0.3 is 0 Å². The van der Waals surface area contributed by atoms with Crippen LogP contribution in [0.4, 0.5) is 5.69 Å². The number of nitro groups is 1. The molecule has 0 atom stereocenters. The lowest BCUT2D eigenvalue weighted by Crippen LogP contribution is -2.04. The van der Waals surface area contributed by atoms with Crippen LogP contribution >= 0.6 is 11.8 Å². The van der Waals surface area contributed by atoms with E-state index >= 15 is 0 Å². The average Bonchev–Trinajstić information content (AvgIpc) is 3.21. The van der Waals surface area contributed by atoms with Crippen molar-refractivity contribution >= 4 is 29.3 Å². The van der Waals surface area contributed by atoms with Gasteiger partial charge in [-0.15, -0.1) is 0 Å². The molecule has 2 aromatic carbocycles. The fourth-order valence-electron chi connectivity index (χ4n) is 2.98. The SMILES string of the molecule is O=C1/C(=C/c2cccn2Cc2ccccc2[N+](=O)[O-])Sc2ccccc21. The van der Waals surface area contributed by atoms with Crippen LogP contribution in [0.25, 0.3) is 6.08 Å². The van der Waals surface area contributed by atoms with Gasteiger partial charge in [-0.05, 0) is 30.3 Å². The second-order valence-electron chi connectivity index (χ2n) is 5.88. The molecule has 0 fully saturated rings. The fourth-order valence-corrected chi connectivity index (χ4v) is 4.02. The van der Waals surface area contributed by atoms with Gasteiger partial charge in [-0.25, -0.2) is 0 Å². The normalized spacial score (nSPS) is 14.6. The van der Waals surface area contributed by atoms with Crippen LogP contribution in [0.15, 0.2) is 76.7 Å². The second kappa shape index (κ2) is 6.65. The highest BCUT2D eigenvalue weighted by molar-refractivity contribution is 8.04. The molecule has 0 bridgehead atoms. The number of allylic oxidation sites excluding steroid dienone is 1. The minimum Gasteiger partial charge on any atom is -0.343 e. The molecule has 0 amide bonds. The Morgan fingerprint density at radius 2 is 1.81 bits per heavy atom. The zero-order valence-corrected chi connectivity index (χ0v) is 14.5. The van der Waals surface area contributed by atoms with Crippen LogP contribution in [0, 0.1) is 10.1 Å². The summed E-state index contributed by atoms with van der Waals surface area (Å²) in [6, 6.07) is 18.0. The molecule has 0 saturated carbocycles. The number of thioether (sulfide) groups is 1. The second-order valence-corrected chi connectivity index (χ2v) is 6.97. The Bertz CT molecular complexity index is 1050. The Hall–Kier alpha value is -3.12. The summed E-state index contributed by atoms with van der Waals surface area (Å²) < 4.78 is 1.91. The number of ketones is 1. The molecule has 6 heteroatoms. The molecule has 0 unspecified atom stereocenters. The van der Waals surface area contributed by atoms with Crippen molar-refractivity contribution in [3.8, 4) is 0 Å². The maximum absolute atomic E-state index is 12.5. The molecule has 26 heavy (non-hydrogen) atoms. The zero-order chi connectivity index (χ0) is 18.1. The van der Waals surface area contributed by atoms with Gasteiger partial charge in [-0.3, -0.25) is 14.9 Å². The largest absolute Gasteiger partial charge is 0.343 e. The summed E-state index contributed by atoms with van der Waals surface area (Å²) in [5.41, 5.74) is 2.29. The highest BCUT2D eigenvalue weighted by atomic mass is 32.2. The number of hydrogen-bond acceptors (Lipinski definition) is 4. The van der Waals surface area contributed by atoms with Crippen molar-refractivity contribution < 1.29 is 9.72 Å². The number of nitro benzene ring substituents is 1. The van der Waals surface area contributed by atoms with E-state index in [1.807, 2.05) is 53.2 Å². The lowest BCUT2D eigenvalue weighted by Gasteiger charge is -2.08. The lowest BCUT2D eigenvalue weighted by atomic mass is 10.1. The minimum absolute atomic E-state index is 0.0176. The van der Waals surface area contributed by atoms with Crippen LogP contribution in [-0.2, 0) is 6.54 Å². The molecule has 0 spiro atoms. The summed E-state index contributed by atoms with van der Waals surface area (Å²) in [4.78, 5) is 25.0.